The second-order valence-corrected chi connectivity index (χ2v) is 7.15. The summed E-state index contributed by atoms with van der Waals surface area (Å²) in [5.41, 5.74) is 0.906. The van der Waals surface area contributed by atoms with E-state index in [0.29, 0.717) is 6.54 Å². The number of carbonyl (C=O) groups excluding carboxylic acids is 1. The summed E-state index contributed by atoms with van der Waals surface area (Å²) in [6.07, 6.45) is 3.30. The maximum Gasteiger partial charge on any atom is 0.308 e. The molecular weight excluding hydrogens is 352 g/mol. The van der Waals surface area contributed by atoms with Crippen LogP contribution in [0.2, 0.25) is 0 Å². The highest BCUT2D eigenvalue weighted by Gasteiger charge is 2.40. The molecule has 1 aromatic heterocycles. The summed E-state index contributed by atoms with van der Waals surface area (Å²) >= 11 is 1.42. The summed E-state index contributed by atoms with van der Waals surface area (Å²) in [7, 11) is 1.60. The van der Waals surface area contributed by atoms with Crippen LogP contribution in [0, 0.1) is 5.92 Å². The van der Waals surface area contributed by atoms with Crippen molar-refractivity contribution < 1.29 is 19.4 Å². The molecule has 6 nitrogen and oxygen atoms in total. The molecule has 2 atom stereocenters. The molecule has 2 aromatic rings. The van der Waals surface area contributed by atoms with E-state index in [1.807, 2.05) is 36.4 Å². The molecular formula is C19H20N2O4S. The van der Waals surface area contributed by atoms with Gasteiger partial charge < -0.3 is 14.7 Å². The predicted molar refractivity (Wildman–Crippen MR) is 98.4 cm³/mol. The molecule has 0 aliphatic carbocycles. The van der Waals surface area contributed by atoms with Crippen molar-refractivity contribution in [2.45, 2.75) is 10.8 Å². The van der Waals surface area contributed by atoms with Gasteiger partial charge >= 0.3 is 5.97 Å². The van der Waals surface area contributed by atoms with Crippen molar-refractivity contribution in [2.75, 3.05) is 26.0 Å². The summed E-state index contributed by atoms with van der Waals surface area (Å²) in [6.45, 7) is 0.651. The number of likely N-dealkylation sites (tertiary alicyclic amines) is 1. The van der Waals surface area contributed by atoms with Crippen molar-refractivity contribution in [3.05, 3.63) is 54.4 Å². The highest BCUT2D eigenvalue weighted by molar-refractivity contribution is 8.00. The first-order valence-corrected chi connectivity index (χ1v) is 9.24. The zero-order valence-electron chi connectivity index (χ0n) is 14.4. The Kier molecular flexibility index (Phi) is 5.78. The number of hydrogen-bond acceptors (Lipinski definition) is 5. The SMILES string of the molecule is COc1cccc(SCC(=O)N2C[C@H](C(=O)O)[C@@H](c3ccncc3)C2)c1. The molecule has 7 heteroatoms. The number of hydrogen-bond donors (Lipinski definition) is 1. The summed E-state index contributed by atoms with van der Waals surface area (Å²) < 4.78 is 5.19. The van der Waals surface area contributed by atoms with Crippen molar-refractivity contribution in [3.8, 4) is 5.75 Å². The van der Waals surface area contributed by atoms with Crippen LogP contribution >= 0.6 is 11.8 Å². The number of methoxy groups -OCH3 is 1. The van der Waals surface area contributed by atoms with Crippen LogP contribution in [-0.4, -0.2) is 52.8 Å². The number of carboxylic acids is 1. The van der Waals surface area contributed by atoms with E-state index in [9.17, 15) is 14.7 Å². The van der Waals surface area contributed by atoms with Gasteiger partial charge in [0.05, 0.1) is 18.8 Å². The van der Waals surface area contributed by atoms with Crippen molar-refractivity contribution in [1.29, 1.82) is 0 Å². The third-order valence-corrected chi connectivity index (χ3v) is 5.51. The van der Waals surface area contributed by atoms with E-state index >= 15 is 0 Å². The van der Waals surface area contributed by atoms with Crippen LogP contribution in [0.25, 0.3) is 0 Å². The minimum Gasteiger partial charge on any atom is -0.497 e. The Labute approximate surface area is 156 Å². The molecule has 1 aromatic carbocycles. The minimum absolute atomic E-state index is 0.0550. The van der Waals surface area contributed by atoms with Gasteiger partial charge in [-0.2, -0.15) is 0 Å². The zero-order chi connectivity index (χ0) is 18.5. The van der Waals surface area contributed by atoms with Gasteiger partial charge in [0.1, 0.15) is 5.75 Å². The Hall–Kier alpha value is -2.54. The summed E-state index contributed by atoms with van der Waals surface area (Å²) in [5, 5.41) is 9.54. The first kappa shape index (κ1) is 18.3. The molecule has 3 rings (SSSR count). The van der Waals surface area contributed by atoms with E-state index in [2.05, 4.69) is 4.98 Å². The van der Waals surface area contributed by atoms with Gasteiger partial charge in [-0.15, -0.1) is 11.8 Å². The fourth-order valence-electron chi connectivity index (χ4n) is 3.13. The van der Waals surface area contributed by atoms with Gasteiger partial charge in [-0.3, -0.25) is 14.6 Å². The second kappa shape index (κ2) is 8.23. The number of ether oxygens (including phenoxy) is 1. The largest absolute Gasteiger partial charge is 0.497 e. The van der Waals surface area contributed by atoms with Crippen LogP contribution in [0.4, 0.5) is 0 Å². The molecule has 136 valence electrons. The molecule has 0 radical (unpaired) electrons. The van der Waals surface area contributed by atoms with Gasteiger partial charge in [-0.25, -0.2) is 0 Å². The van der Waals surface area contributed by atoms with E-state index in [-0.39, 0.29) is 24.1 Å². The quantitative estimate of drug-likeness (QED) is 0.785. The predicted octanol–water partition coefficient (Wildman–Crippen LogP) is 2.51. The number of nitrogens with zero attached hydrogens (tertiary/aromatic N) is 2. The number of carbonyl (C=O) groups is 2. The molecule has 1 amide bonds. The molecule has 2 heterocycles. The molecule has 0 unspecified atom stereocenters. The number of thioether (sulfide) groups is 1. The van der Waals surface area contributed by atoms with Crippen LogP contribution in [0.5, 0.6) is 5.75 Å². The van der Waals surface area contributed by atoms with E-state index in [1.54, 1.807) is 24.4 Å². The van der Waals surface area contributed by atoms with Gasteiger partial charge in [-0.05, 0) is 35.9 Å². The Morgan fingerprint density at radius 2 is 2.04 bits per heavy atom. The lowest BCUT2D eigenvalue weighted by molar-refractivity contribution is -0.141. The third kappa shape index (κ3) is 4.16. The first-order valence-electron chi connectivity index (χ1n) is 8.26. The molecule has 0 spiro atoms. The maximum atomic E-state index is 12.6. The Morgan fingerprint density at radius 1 is 1.27 bits per heavy atom. The van der Waals surface area contributed by atoms with E-state index in [1.165, 1.54) is 11.8 Å². The monoisotopic (exact) mass is 372 g/mol. The molecule has 1 saturated heterocycles. The Morgan fingerprint density at radius 3 is 2.73 bits per heavy atom. The molecule has 0 bridgehead atoms. The van der Waals surface area contributed by atoms with Crippen LogP contribution < -0.4 is 4.74 Å². The third-order valence-electron chi connectivity index (χ3n) is 4.53. The standard InChI is InChI=1S/C19H20N2O4S/c1-25-14-3-2-4-15(9-14)26-12-18(22)21-10-16(17(11-21)19(23)24)13-5-7-20-8-6-13/h2-9,16-17H,10-12H2,1H3,(H,23,24)/t16-,17+/m1/s1. The first-order chi connectivity index (χ1) is 12.6. The van der Waals surface area contributed by atoms with Crippen molar-refractivity contribution in [3.63, 3.8) is 0 Å². The maximum absolute atomic E-state index is 12.6. The average Bonchev–Trinajstić information content (AvgIpc) is 3.13. The van der Waals surface area contributed by atoms with Crippen molar-refractivity contribution in [2.24, 2.45) is 5.92 Å². The van der Waals surface area contributed by atoms with Gasteiger partial charge in [0.2, 0.25) is 5.91 Å². The number of pyridine rings is 1. The van der Waals surface area contributed by atoms with E-state index < -0.39 is 11.9 Å². The molecule has 26 heavy (non-hydrogen) atoms. The number of aromatic nitrogens is 1. The number of aliphatic carboxylic acids is 1. The Balaban J connectivity index is 1.65. The van der Waals surface area contributed by atoms with Gasteiger partial charge in [-0.1, -0.05) is 6.07 Å². The Bertz CT molecular complexity index is 784. The molecule has 0 saturated carbocycles. The van der Waals surface area contributed by atoms with Crippen molar-refractivity contribution >= 4 is 23.6 Å². The lowest BCUT2D eigenvalue weighted by Crippen LogP contribution is -2.31. The highest BCUT2D eigenvalue weighted by atomic mass is 32.2. The average molecular weight is 372 g/mol. The summed E-state index contributed by atoms with van der Waals surface area (Å²) in [6, 6.07) is 11.2. The molecule has 1 N–H and O–H groups in total. The van der Waals surface area contributed by atoms with Crippen LogP contribution in [0.3, 0.4) is 0 Å². The second-order valence-electron chi connectivity index (χ2n) is 6.10. The van der Waals surface area contributed by atoms with Crippen LogP contribution in [0.15, 0.2) is 53.7 Å². The van der Waals surface area contributed by atoms with Crippen LogP contribution in [-0.2, 0) is 9.59 Å². The number of carboxylic acid groups (broad SMARTS) is 1. The summed E-state index contributed by atoms with van der Waals surface area (Å²) in [5.74, 6) is -0.720. The number of amides is 1. The van der Waals surface area contributed by atoms with Gasteiger partial charge in [0.25, 0.3) is 0 Å². The highest BCUT2D eigenvalue weighted by Crippen LogP contribution is 2.33. The lowest BCUT2D eigenvalue weighted by Gasteiger charge is -2.16. The fourth-order valence-corrected chi connectivity index (χ4v) is 3.98. The van der Waals surface area contributed by atoms with Gasteiger partial charge in [0.15, 0.2) is 0 Å². The number of benzene rings is 1. The van der Waals surface area contributed by atoms with Gasteiger partial charge in [0, 0.05) is 36.3 Å². The van der Waals surface area contributed by atoms with E-state index in [4.69, 9.17) is 4.74 Å². The van der Waals surface area contributed by atoms with Crippen LogP contribution in [0.1, 0.15) is 11.5 Å². The fraction of sp³-hybridized carbons (Fsp3) is 0.316. The van der Waals surface area contributed by atoms with Crippen molar-refractivity contribution in [1.82, 2.24) is 9.88 Å². The topological polar surface area (TPSA) is 79.7 Å². The molecule has 1 fully saturated rings. The zero-order valence-corrected chi connectivity index (χ0v) is 15.2. The lowest BCUT2D eigenvalue weighted by atomic mass is 9.90. The number of rotatable bonds is 6. The minimum atomic E-state index is -0.873. The smallest absolute Gasteiger partial charge is 0.308 e. The molecule has 1 aliphatic heterocycles. The summed E-state index contributed by atoms with van der Waals surface area (Å²) in [4.78, 5) is 30.8. The normalized spacial score (nSPS) is 19.3. The molecule has 1 aliphatic rings. The van der Waals surface area contributed by atoms with E-state index in [0.717, 1.165) is 16.2 Å².